The van der Waals surface area contributed by atoms with Gasteiger partial charge in [0.05, 0.1) is 19.6 Å². The molecule has 0 radical (unpaired) electrons. The average molecular weight is 402 g/mol. The van der Waals surface area contributed by atoms with Crippen molar-refractivity contribution in [1.29, 1.82) is 0 Å². The smallest absolute Gasteiger partial charge is 0.328 e. The van der Waals surface area contributed by atoms with Crippen LogP contribution in [-0.2, 0) is 30.3 Å². The van der Waals surface area contributed by atoms with Crippen molar-refractivity contribution in [1.82, 2.24) is 10.6 Å². The fourth-order valence-electron chi connectivity index (χ4n) is 2.14. The molecule has 150 valence electrons. The number of nitrogens with two attached hydrogens (primary N) is 1. The Morgan fingerprint density at radius 2 is 1.63 bits per heavy atom. The van der Waals surface area contributed by atoms with Gasteiger partial charge in [-0.1, -0.05) is 30.3 Å². The van der Waals surface area contributed by atoms with Crippen LogP contribution >= 0.6 is 12.4 Å². The molecule has 0 aliphatic carbocycles. The number of amides is 2. The van der Waals surface area contributed by atoms with Crippen molar-refractivity contribution >= 4 is 36.2 Å². The van der Waals surface area contributed by atoms with Crippen molar-refractivity contribution in [2.45, 2.75) is 37.9 Å². The Kier molecular flexibility index (Phi) is 10.7. The van der Waals surface area contributed by atoms with Gasteiger partial charge in [-0.3, -0.25) is 14.4 Å². The Bertz CT molecular complexity index is 653. The molecule has 0 spiro atoms. The standard InChI is InChI=1S/C17H23N3O6.ClH/c1-10(18)15(23)19-12(9-14(21)22)16(24)20-13(17(25)26-2)8-11-6-4-3-5-7-11;/h3-7,10,12-13H,8-9,18H2,1-2H3,(H,19,23)(H,20,24)(H,21,22);1H/t10-,12+,13+;/m1./s1. The van der Waals surface area contributed by atoms with E-state index in [1.54, 1.807) is 24.3 Å². The van der Waals surface area contributed by atoms with Crippen LogP contribution in [0.15, 0.2) is 30.3 Å². The number of carbonyl (C=O) groups excluding carboxylic acids is 3. The molecule has 0 heterocycles. The zero-order valence-corrected chi connectivity index (χ0v) is 15.8. The van der Waals surface area contributed by atoms with Crippen LogP contribution in [0.4, 0.5) is 0 Å². The number of hydrogen-bond donors (Lipinski definition) is 4. The van der Waals surface area contributed by atoms with E-state index in [9.17, 15) is 19.2 Å². The lowest BCUT2D eigenvalue weighted by molar-refractivity contribution is -0.145. The van der Waals surface area contributed by atoms with Crippen molar-refractivity contribution in [2.24, 2.45) is 5.73 Å². The van der Waals surface area contributed by atoms with Crippen LogP contribution in [0.1, 0.15) is 18.9 Å². The van der Waals surface area contributed by atoms with Crippen molar-refractivity contribution in [3.8, 4) is 0 Å². The number of aliphatic carboxylic acids is 1. The molecule has 1 aromatic rings. The number of carboxylic acids is 1. The number of halogens is 1. The van der Waals surface area contributed by atoms with E-state index in [4.69, 9.17) is 10.8 Å². The van der Waals surface area contributed by atoms with Crippen molar-refractivity contribution in [2.75, 3.05) is 7.11 Å². The molecule has 2 amide bonds. The molecule has 0 aromatic heterocycles. The van der Waals surface area contributed by atoms with Crippen molar-refractivity contribution in [3.05, 3.63) is 35.9 Å². The maximum absolute atomic E-state index is 12.4. The summed E-state index contributed by atoms with van der Waals surface area (Å²) in [5.41, 5.74) is 6.20. The molecule has 0 saturated carbocycles. The second-order valence-electron chi connectivity index (χ2n) is 5.72. The van der Waals surface area contributed by atoms with Crippen LogP contribution in [0.25, 0.3) is 0 Å². The fourth-order valence-corrected chi connectivity index (χ4v) is 2.14. The molecule has 3 atom stereocenters. The summed E-state index contributed by atoms with van der Waals surface area (Å²) >= 11 is 0. The summed E-state index contributed by atoms with van der Waals surface area (Å²) in [5, 5.41) is 13.7. The predicted octanol–water partition coefficient (Wildman–Crippen LogP) is -0.385. The highest BCUT2D eigenvalue weighted by atomic mass is 35.5. The third-order valence-corrected chi connectivity index (χ3v) is 3.51. The molecule has 0 saturated heterocycles. The molecule has 0 aliphatic rings. The lowest BCUT2D eigenvalue weighted by Crippen LogP contribution is -2.55. The molecule has 0 bridgehead atoms. The van der Waals surface area contributed by atoms with Crippen molar-refractivity contribution in [3.63, 3.8) is 0 Å². The minimum absolute atomic E-state index is 0. The van der Waals surface area contributed by atoms with E-state index in [0.29, 0.717) is 0 Å². The summed E-state index contributed by atoms with van der Waals surface area (Å²) < 4.78 is 4.69. The number of methoxy groups -OCH3 is 1. The molecule has 5 N–H and O–H groups in total. The SMILES string of the molecule is COC(=O)[C@H](Cc1ccccc1)NC(=O)[C@H](CC(=O)O)NC(=O)[C@@H](C)N.Cl. The molecule has 1 aromatic carbocycles. The zero-order chi connectivity index (χ0) is 19.7. The van der Waals surface area contributed by atoms with Gasteiger partial charge in [0, 0.05) is 6.42 Å². The molecular weight excluding hydrogens is 378 g/mol. The fraction of sp³-hybridized carbons (Fsp3) is 0.412. The number of ether oxygens (including phenoxy) is 1. The van der Waals surface area contributed by atoms with Gasteiger partial charge in [-0.2, -0.15) is 0 Å². The van der Waals surface area contributed by atoms with Gasteiger partial charge in [-0.15, -0.1) is 12.4 Å². The van der Waals surface area contributed by atoms with Crippen LogP contribution in [0, 0.1) is 0 Å². The number of nitrogens with one attached hydrogen (secondary N) is 2. The van der Waals surface area contributed by atoms with Gasteiger partial charge in [-0.05, 0) is 12.5 Å². The van der Waals surface area contributed by atoms with Gasteiger partial charge in [0.2, 0.25) is 11.8 Å². The highest BCUT2D eigenvalue weighted by Crippen LogP contribution is 2.06. The van der Waals surface area contributed by atoms with E-state index < -0.39 is 48.3 Å². The second-order valence-corrected chi connectivity index (χ2v) is 5.72. The number of benzene rings is 1. The van der Waals surface area contributed by atoms with E-state index in [2.05, 4.69) is 15.4 Å². The molecular formula is C17H24ClN3O6. The topological polar surface area (TPSA) is 148 Å². The molecule has 9 nitrogen and oxygen atoms in total. The average Bonchev–Trinajstić information content (AvgIpc) is 2.60. The maximum atomic E-state index is 12.4. The summed E-state index contributed by atoms with van der Waals surface area (Å²) in [6.45, 7) is 1.40. The van der Waals surface area contributed by atoms with E-state index in [-0.39, 0.29) is 18.8 Å². The molecule has 27 heavy (non-hydrogen) atoms. The normalized spacial score (nSPS) is 13.3. The van der Waals surface area contributed by atoms with Crippen molar-refractivity contribution < 1.29 is 29.0 Å². The Morgan fingerprint density at radius 3 is 2.11 bits per heavy atom. The minimum Gasteiger partial charge on any atom is -0.481 e. The summed E-state index contributed by atoms with van der Waals surface area (Å²) in [4.78, 5) is 47.1. The lowest BCUT2D eigenvalue weighted by Gasteiger charge is -2.22. The largest absolute Gasteiger partial charge is 0.481 e. The number of esters is 1. The Balaban J connectivity index is 0.00000676. The van der Waals surface area contributed by atoms with Crippen LogP contribution in [0.3, 0.4) is 0 Å². The Hall–Kier alpha value is -2.65. The predicted molar refractivity (Wildman–Crippen MR) is 99.2 cm³/mol. The number of hydrogen-bond acceptors (Lipinski definition) is 6. The van der Waals surface area contributed by atoms with E-state index >= 15 is 0 Å². The van der Waals surface area contributed by atoms with Crippen LogP contribution in [-0.4, -0.2) is 54.1 Å². The monoisotopic (exact) mass is 401 g/mol. The van der Waals surface area contributed by atoms with Crippen LogP contribution < -0.4 is 16.4 Å². The summed E-state index contributed by atoms with van der Waals surface area (Å²) in [6, 6.07) is 5.60. The molecule has 1 rings (SSSR count). The lowest BCUT2D eigenvalue weighted by atomic mass is 10.0. The van der Waals surface area contributed by atoms with Crippen LogP contribution in [0.5, 0.6) is 0 Å². The highest BCUT2D eigenvalue weighted by molar-refractivity contribution is 5.94. The van der Waals surface area contributed by atoms with Gasteiger partial charge in [0.25, 0.3) is 0 Å². The molecule has 0 aliphatic heterocycles. The number of carboxylic acid groups (broad SMARTS) is 1. The summed E-state index contributed by atoms with van der Waals surface area (Å²) in [6.07, 6.45) is -0.496. The first kappa shape index (κ1) is 24.3. The van der Waals surface area contributed by atoms with E-state index in [1.165, 1.54) is 14.0 Å². The van der Waals surface area contributed by atoms with Gasteiger partial charge >= 0.3 is 11.9 Å². The van der Waals surface area contributed by atoms with Gasteiger partial charge in [-0.25, -0.2) is 4.79 Å². The highest BCUT2D eigenvalue weighted by Gasteiger charge is 2.29. The first-order chi connectivity index (χ1) is 12.2. The van der Waals surface area contributed by atoms with Gasteiger partial charge in [0.15, 0.2) is 0 Å². The van der Waals surface area contributed by atoms with Gasteiger partial charge < -0.3 is 26.2 Å². The third-order valence-electron chi connectivity index (χ3n) is 3.51. The first-order valence-corrected chi connectivity index (χ1v) is 7.94. The zero-order valence-electron chi connectivity index (χ0n) is 15.0. The van der Waals surface area contributed by atoms with Crippen LogP contribution in [0.2, 0.25) is 0 Å². The third kappa shape index (κ3) is 8.52. The Labute approximate surface area is 163 Å². The summed E-state index contributed by atoms with van der Waals surface area (Å²) in [5.74, 6) is -3.46. The molecule has 0 fully saturated rings. The first-order valence-electron chi connectivity index (χ1n) is 7.94. The van der Waals surface area contributed by atoms with E-state index in [0.717, 1.165) is 5.56 Å². The molecule has 0 unspecified atom stereocenters. The van der Waals surface area contributed by atoms with E-state index in [1.807, 2.05) is 6.07 Å². The summed E-state index contributed by atoms with van der Waals surface area (Å²) in [7, 11) is 1.18. The number of rotatable bonds is 9. The minimum atomic E-state index is -1.37. The maximum Gasteiger partial charge on any atom is 0.328 e. The van der Waals surface area contributed by atoms with Gasteiger partial charge in [0.1, 0.15) is 12.1 Å². The Morgan fingerprint density at radius 1 is 1.07 bits per heavy atom. The molecule has 10 heteroatoms. The second kappa shape index (κ2) is 11.9. The quantitative estimate of drug-likeness (QED) is 0.412. The number of carbonyl (C=O) groups is 4.